The van der Waals surface area contributed by atoms with Gasteiger partial charge in [0.15, 0.2) is 5.03 Å². The molecule has 0 atom stereocenters. The molecule has 0 saturated heterocycles. The Labute approximate surface area is 244 Å². The van der Waals surface area contributed by atoms with Crippen LogP contribution in [0.15, 0.2) is 90.2 Å². The summed E-state index contributed by atoms with van der Waals surface area (Å²) in [4.78, 5) is 17.4. The third kappa shape index (κ3) is 6.18. The highest BCUT2D eigenvalue weighted by molar-refractivity contribution is 7.92. The Morgan fingerprint density at radius 2 is 1.49 bits per heavy atom. The number of fused-ring (bicyclic) bond motifs is 1. The standard InChI is InChI=1S/C27H19Cl3N4O3S2/c28-18-5-1-16(2-6-18)22(17-3-7-19(29)8-4-17)14-32-26(35)21-10-9-20(30)13-24(21)34-39(36,37)27-23-15-33-38-25(23)11-12-31-27/h1-13,15,22,34H,14H2,(H,32,35). The van der Waals surface area contributed by atoms with E-state index in [-0.39, 0.29) is 33.8 Å². The van der Waals surface area contributed by atoms with Gasteiger partial charge in [0, 0.05) is 33.7 Å². The average molecular weight is 618 g/mol. The number of anilines is 1. The lowest BCUT2D eigenvalue weighted by Gasteiger charge is -2.20. The normalized spacial score (nSPS) is 11.6. The molecule has 0 fully saturated rings. The number of pyridine rings is 1. The third-order valence-corrected chi connectivity index (χ3v) is 8.81. The smallest absolute Gasteiger partial charge is 0.280 e. The van der Waals surface area contributed by atoms with E-state index < -0.39 is 15.9 Å². The van der Waals surface area contributed by atoms with Gasteiger partial charge in [0.2, 0.25) is 0 Å². The van der Waals surface area contributed by atoms with Crippen LogP contribution in [0.2, 0.25) is 15.1 Å². The Morgan fingerprint density at radius 3 is 2.13 bits per heavy atom. The van der Waals surface area contributed by atoms with Gasteiger partial charge < -0.3 is 5.32 Å². The number of benzene rings is 3. The van der Waals surface area contributed by atoms with Gasteiger partial charge in [0.1, 0.15) is 0 Å². The zero-order chi connectivity index (χ0) is 27.6. The first-order valence-electron chi connectivity index (χ1n) is 11.5. The largest absolute Gasteiger partial charge is 0.351 e. The van der Waals surface area contributed by atoms with E-state index in [9.17, 15) is 13.2 Å². The summed E-state index contributed by atoms with van der Waals surface area (Å²) in [6.45, 7) is 0.221. The molecule has 39 heavy (non-hydrogen) atoms. The molecule has 12 heteroatoms. The Balaban J connectivity index is 1.42. The summed E-state index contributed by atoms with van der Waals surface area (Å²) in [5.74, 6) is -0.704. The van der Waals surface area contributed by atoms with Gasteiger partial charge in [-0.2, -0.15) is 12.8 Å². The second-order valence-electron chi connectivity index (χ2n) is 8.51. The van der Waals surface area contributed by atoms with Crippen LogP contribution in [-0.2, 0) is 10.0 Å². The van der Waals surface area contributed by atoms with Crippen LogP contribution in [0.3, 0.4) is 0 Å². The molecule has 7 nitrogen and oxygen atoms in total. The predicted molar refractivity (Wildman–Crippen MR) is 157 cm³/mol. The highest BCUT2D eigenvalue weighted by Gasteiger charge is 2.24. The van der Waals surface area contributed by atoms with Crippen molar-refractivity contribution in [3.63, 3.8) is 0 Å². The minimum atomic E-state index is -4.17. The lowest BCUT2D eigenvalue weighted by molar-refractivity contribution is 0.0953. The molecule has 1 amide bonds. The minimum Gasteiger partial charge on any atom is -0.351 e. The Hall–Kier alpha value is -3.21. The first-order chi connectivity index (χ1) is 18.7. The summed E-state index contributed by atoms with van der Waals surface area (Å²) < 4.78 is 33.8. The summed E-state index contributed by atoms with van der Waals surface area (Å²) >= 11 is 19.5. The number of hydrogen-bond donors (Lipinski definition) is 2. The molecule has 0 aliphatic carbocycles. The van der Waals surface area contributed by atoms with E-state index in [0.29, 0.717) is 20.1 Å². The fourth-order valence-electron chi connectivity index (χ4n) is 4.09. The molecule has 5 rings (SSSR count). The summed E-state index contributed by atoms with van der Waals surface area (Å²) in [5, 5.41) is 4.58. The van der Waals surface area contributed by atoms with Gasteiger partial charge in [-0.15, -0.1) is 0 Å². The molecule has 5 aromatic rings. The molecule has 0 bridgehead atoms. The van der Waals surface area contributed by atoms with E-state index in [2.05, 4.69) is 19.4 Å². The maximum atomic E-state index is 13.4. The number of carbonyl (C=O) groups is 1. The second kappa shape index (κ2) is 11.5. The fourth-order valence-corrected chi connectivity index (χ4v) is 6.42. The molecule has 0 saturated carbocycles. The van der Waals surface area contributed by atoms with E-state index in [1.807, 2.05) is 24.3 Å². The quantitative estimate of drug-likeness (QED) is 0.195. The van der Waals surface area contributed by atoms with Crippen molar-refractivity contribution < 1.29 is 13.2 Å². The van der Waals surface area contributed by atoms with Crippen molar-refractivity contribution in [1.82, 2.24) is 14.7 Å². The van der Waals surface area contributed by atoms with Crippen molar-refractivity contribution in [3.8, 4) is 0 Å². The van der Waals surface area contributed by atoms with E-state index in [1.54, 1.807) is 30.3 Å². The Kier molecular flexibility index (Phi) is 8.06. The highest BCUT2D eigenvalue weighted by atomic mass is 35.5. The molecule has 0 aliphatic rings. The first kappa shape index (κ1) is 27.4. The van der Waals surface area contributed by atoms with Crippen LogP contribution in [0.25, 0.3) is 10.1 Å². The summed E-state index contributed by atoms with van der Waals surface area (Å²) in [7, 11) is -4.17. The molecule has 3 aromatic carbocycles. The molecular formula is C27H19Cl3N4O3S2. The molecule has 2 aromatic heterocycles. The third-order valence-electron chi connectivity index (χ3n) is 5.98. The van der Waals surface area contributed by atoms with Crippen LogP contribution < -0.4 is 10.0 Å². The lowest BCUT2D eigenvalue weighted by atomic mass is 9.91. The lowest BCUT2D eigenvalue weighted by Crippen LogP contribution is -2.30. The van der Waals surface area contributed by atoms with E-state index >= 15 is 0 Å². The summed E-state index contributed by atoms with van der Waals surface area (Å²) in [5.41, 5.74) is 1.99. The fraction of sp³-hybridized carbons (Fsp3) is 0.0741. The maximum absolute atomic E-state index is 13.4. The molecule has 0 unspecified atom stereocenters. The number of nitrogens with zero attached hydrogens (tertiary/aromatic N) is 2. The number of halogens is 3. The Morgan fingerprint density at radius 1 is 0.872 bits per heavy atom. The van der Waals surface area contributed by atoms with E-state index in [1.165, 1.54) is 30.6 Å². The zero-order valence-corrected chi connectivity index (χ0v) is 23.8. The van der Waals surface area contributed by atoms with Crippen LogP contribution in [0.5, 0.6) is 0 Å². The second-order valence-corrected chi connectivity index (χ2v) is 12.3. The van der Waals surface area contributed by atoms with Crippen molar-refractivity contribution >= 4 is 78.0 Å². The molecule has 0 radical (unpaired) electrons. The maximum Gasteiger partial charge on any atom is 0.280 e. The van der Waals surface area contributed by atoms with Gasteiger partial charge >= 0.3 is 0 Å². The number of amides is 1. The first-order valence-corrected chi connectivity index (χ1v) is 14.9. The predicted octanol–water partition coefficient (Wildman–Crippen LogP) is 7.01. The minimum absolute atomic E-state index is 0.0246. The molecule has 0 spiro atoms. The van der Waals surface area contributed by atoms with Crippen LogP contribution in [0, 0.1) is 0 Å². The van der Waals surface area contributed by atoms with Gasteiger partial charge in [-0.3, -0.25) is 9.52 Å². The average Bonchev–Trinajstić information content (AvgIpc) is 3.39. The van der Waals surface area contributed by atoms with Crippen molar-refractivity contribution in [2.75, 3.05) is 11.3 Å². The molecule has 198 valence electrons. The van der Waals surface area contributed by atoms with Crippen LogP contribution >= 0.6 is 46.3 Å². The van der Waals surface area contributed by atoms with Crippen molar-refractivity contribution in [1.29, 1.82) is 0 Å². The number of nitrogens with one attached hydrogen (secondary N) is 2. The van der Waals surface area contributed by atoms with Gasteiger partial charge in [0.05, 0.1) is 27.5 Å². The number of rotatable bonds is 8. The molecule has 0 aliphatic heterocycles. The van der Waals surface area contributed by atoms with Crippen LogP contribution in [0.4, 0.5) is 5.69 Å². The number of carbonyl (C=O) groups excluding carboxylic acids is 1. The molecule has 2 heterocycles. The number of sulfonamides is 1. The van der Waals surface area contributed by atoms with Crippen molar-refractivity contribution in [2.45, 2.75) is 10.9 Å². The van der Waals surface area contributed by atoms with Gasteiger partial charge in [-0.1, -0.05) is 59.1 Å². The zero-order valence-electron chi connectivity index (χ0n) is 19.9. The number of hydrogen-bond acceptors (Lipinski definition) is 6. The Bertz CT molecular complexity index is 1710. The summed E-state index contributed by atoms with van der Waals surface area (Å²) in [6.07, 6.45) is 2.84. The summed E-state index contributed by atoms with van der Waals surface area (Å²) in [6, 6.07) is 20.8. The van der Waals surface area contributed by atoms with E-state index in [4.69, 9.17) is 34.8 Å². The van der Waals surface area contributed by atoms with Crippen LogP contribution in [-0.4, -0.2) is 30.2 Å². The van der Waals surface area contributed by atoms with Crippen molar-refractivity contribution in [3.05, 3.63) is 117 Å². The SMILES string of the molecule is O=C(NCC(c1ccc(Cl)cc1)c1ccc(Cl)cc1)c1ccc(Cl)cc1NS(=O)(=O)c1nccc2sncc12. The van der Waals surface area contributed by atoms with Gasteiger partial charge in [0.25, 0.3) is 15.9 Å². The van der Waals surface area contributed by atoms with Crippen LogP contribution in [0.1, 0.15) is 27.4 Å². The molecule has 2 N–H and O–H groups in total. The van der Waals surface area contributed by atoms with Gasteiger partial charge in [-0.05, 0) is 71.2 Å². The molecular weight excluding hydrogens is 599 g/mol. The number of aromatic nitrogens is 2. The highest BCUT2D eigenvalue weighted by Crippen LogP contribution is 2.29. The van der Waals surface area contributed by atoms with E-state index in [0.717, 1.165) is 22.7 Å². The van der Waals surface area contributed by atoms with Gasteiger partial charge in [-0.25, -0.2) is 4.98 Å². The monoisotopic (exact) mass is 616 g/mol. The topological polar surface area (TPSA) is 101 Å². The van der Waals surface area contributed by atoms with Crippen molar-refractivity contribution in [2.24, 2.45) is 0 Å².